The van der Waals surface area contributed by atoms with Gasteiger partial charge in [0.25, 0.3) is 11.8 Å². The number of aromatic nitrogens is 4. The first-order chi connectivity index (χ1) is 14.2. The summed E-state index contributed by atoms with van der Waals surface area (Å²) in [5, 5.41) is 17.5. The first-order valence-electron chi connectivity index (χ1n) is 9.36. The fourth-order valence-corrected chi connectivity index (χ4v) is 4.67. The van der Waals surface area contributed by atoms with E-state index in [1.54, 1.807) is 24.3 Å². The monoisotopic (exact) mass is 408 g/mol. The van der Waals surface area contributed by atoms with Gasteiger partial charge < -0.3 is 10.6 Å². The van der Waals surface area contributed by atoms with E-state index in [1.807, 2.05) is 6.07 Å². The van der Waals surface area contributed by atoms with Crippen LogP contribution in [0, 0.1) is 0 Å². The van der Waals surface area contributed by atoms with Crippen LogP contribution in [0.25, 0.3) is 5.69 Å². The molecule has 3 aromatic rings. The van der Waals surface area contributed by atoms with E-state index in [2.05, 4.69) is 32.7 Å². The number of tetrazole rings is 1. The largest absolute Gasteiger partial charge is 0.348 e. The Bertz CT molecular complexity index is 1060. The smallest absolute Gasteiger partial charge is 0.256 e. The average Bonchev–Trinajstić information content (AvgIpc) is 3.40. The van der Waals surface area contributed by atoms with Crippen LogP contribution in [0.15, 0.2) is 43.2 Å². The Morgan fingerprint density at radius 2 is 2.10 bits per heavy atom. The molecule has 0 unspecified atom stereocenters. The molecule has 2 heterocycles. The molecule has 9 heteroatoms. The Kier molecular flexibility index (Phi) is 5.48. The van der Waals surface area contributed by atoms with Gasteiger partial charge in [0.1, 0.15) is 11.3 Å². The Morgan fingerprint density at radius 3 is 2.90 bits per heavy atom. The fraction of sp³-hybridized carbons (Fsp3) is 0.250. The van der Waals surface area contributed by atoms with Crippen molar-refractivity contribution in [2.75, 3.05) is 11.9 Å². The number of carbonyl (C=O) groups excluding carboxylic acids is 2. The molecule has 1 aliphatic carbocycles. The molecule has 29 heavy (non-hydrogen) atoms. The van der Waals surface area contributed by atoms with Crippen molar-refractivity contribution in [2.24, 2.45) is 0 Å². The molecule has 2 N–H and O–H groups in total. The minimum atomic E-state index is -0.281. The number of hydrogen-bond donors (Lipinski definition) is 2. The summed E-state index contributed by atoms with van der Waals surface area (Å²) < 4.78 is 1.48. The van der Waals surface area contributed by atoms with Crippen molar-refractivity contribution in [1.29, 1.82) is 0 Å². The van der Waals surface area contributed by atoms with E-state index in [0.717, 1.165) is 31.2 Å². The summed E-state index contributed by atoms with van der Waals surface area (Å²) in [5.41, 5.74) is 2.77. The Hall–Kier alpha value is -3.33. The van der Waals surface area contributed by atoms with Crippen molar-refractivity contribution in [3.05, 3.63) is 64.8 Å². The van der Waals surface area contributed by atoms with Gasteiger partial charge in [0.05, 0.1) is 11.3 Å². The van der Waals surface area contributed by atoms with Crippen LogP contribution < -0.4 is 10.6 Å². The van der Waals surface area contributed by atoms with Crippen LogP contribution >= 0.6 is 11.3 Å². The quantitative estimate of drug-likeness (QED) is 0.611. The summed E-state index contributed by atoms with van der Waals surface area (Å²) in [4.78, 5) is 26.9. The number of hydrogen-bond acceptors (Lipinski definition) is 6. The summed E-state index contributed by atoms with van der Waals surface area (Å²) in [6.45, 7) is 4.02. The molecule has 0 spiro atoms. The Labute approximate surface area is 171 Å². The molecule has 148 valence electrons. The lowest BCUT2D eigenvalue weighted by atomic mass is 9.95. The molecule has 0 bridgehead atoms. The van der Waals surface area contributed by atoms with Gasteiger partial charge in [0, 0.05) is 17.0 Å². The number of amides is 2. The molecule has 1 aromatic carbocycles. The minimum Gasteiger partial charge on any atom is -0.348 e. The van der Waals surface area contributed by atoms with E-state index >= 15 is 0 Å². The van der Waals surface area contributed by atoms with E-state index in [9.17, 15) is 9.59 Å². The zero-order valence-corrected chi connectivity index (χ0v) is 16.5. The Balaban J connectivity index is 1.63. The maximum Gasteiger partial charge on any atom is 0.256 e. The second kappa shape index (κ2) is 8.36. The predicted molar refractivity (Wildman–Crippen MR) is 111 cm³/mol. The van der Waals surface area contributed by atoms with Gasteiger partial charge in [0.2, 0.25) is 0 Å². The number of aryl methyl sites for hydroxylation is 1. The molecule has 8 nitrogen and oxygen atoms in total. The normalized spacial score (nSPS) is 12.8. The van der Waals surface area contributed by atoms with Crippen LogP contribution in [0.4, 0.5) is 5.00 Å². The molecular formula is C20H20N6O2S. The summed E-state index contributed by atoms with van der Waals surface area (Å²) in [7, 11) is 0. The van der Waals surface area contributed by atoms with Gasteiger partial charge in [-0.1, -0.05) is 12.1 Å². The van der Waals surface area contributed by atoms with Crippen molar-refractivity contribution in [3.8, 4) is 5.69 Å². The predicted octanol–water partition coefficient (Wildman–Crippen LogP) is 2.77. The van der Waals surface area contributed by atoms with Crippen LogP contribution in [0.3, 0.4) is 0 Å². The maximum absolute atomic E-state index is 12.9. The molecule has 0 fully saturated rings. The second-order valence-corrected chi connectivity index (χ2v) is 7.78. The summed E-state index contributed by atoms with van der Waals surface area (Å²) in [6, 6.07) is 7.00. The highest BCUT2D eigenvalue weighted by Crippen LogP contribution is 2.38. The van der Waals surface area contributed by atoms with E-state index in [1.165, 1.54) is 27.2 Å². The lowest BCUT2D eigenvalue weighted by Crippen LogP contribution is -2.26. The topological polar surface area (TPSA) is 102 Å². The van der Waals surface area contributed by atoms with E-state index in [-0.39, 0.29) is 11.8 Å². The molecule has 0 atom stereocenters. The number of nitrogens with one attached hydrogen (secondary N) is 2. The second-order valence-electron chi connectivity index (χ2n) is 6.67. The van der Waals surface area contributed by atoms with Crippen molar-refractivity contribution >= 4 is 28.2 Å². The Morgan fingerprint density at radius 1 is 1.24 bits per heavy atom. The summed E-state index contributed by atoms with van der Waals surface area (Å²) in [6.07, 6.45) is 7.04. The lowest BCUT2D eigenvalue weighted by Gasteiger charge is -2.13. The standard InChI is InChI=1S/C20H20N6O2S/c1-2-10-21-19(28)17-15-8-3-4-9-16(15)29-20(17)23-18(27)13-6-5-7-14(11-13)26-12-22-24-25-26/h2,5-7,11-12H,1,3-4,8-10H2,(H,21,28)(H,23,27). The molecule has 2 aromatic heterocycles. The van der Waals surface area contributed by atoms with Crippen LogP contribution in [-0.2, 0) is 12.8 Å². The molecule has 0 radical (unpaired) electrons. The van der Waals surface area contributed by atoms with Gasteiger partial charge in [-0.3, -0.25) is 9.59 Å². The number of nitrogens with zero attached hydrogens (tertiary/aromatic N) is 4. The summed E-state index contributed by atoms with van der Waals surface area (Å²) in [5.74, 6) is -0.460. The fourth-order valence-electron chi connectivity index (χ4n) is 3.39. The number of carbonyl (C=O) groups is 2. The highest BCUT2D eigenvalue weighted by atomic mass is 32.1. The number of benzene rings is 1. The zero-order valence-electron chi connectivity index (χ0n) is 15.7. The number of thiophene rings is 1. The maximum atomic E-state index is 12.9. The van der Waals surface area contributed by atoms with Crippen molar-refractivity contribution < 1.29 is 9.59 Å². The molecular weight excluding hydrogens is 388 g/mol. The third kappa shape index (κ3) is 3.95. The zero-order chi connectivity index (χ0) is 20.2. The summed E-state index contributed by atoms with van der Waals surface area (Å²) >= 11 is 1.49. The van der Waals surface area contributed by atoms with Crippen molar-refractivity contribution in [3.63, 3.8) is 0 Å². The lowest BCUT2D eigenvalue weighted by molar-refractivity contribution is 0.0958. The van der Waals surface area contributed by atoms with Crippen LogP contribution in [-0.4, -0.2) is 38.6 Å². The van der Waals surface area contributed by atoms with Crippen LogP contribution in [0.5, 0.6) is 0 Å². The van der Waals surface area contributed by atoms with Crippen LogP contribution in [0.2, 0.25) is 0 Å². The van der Waals surface area contributed by atoms with Gasteiger partial charge in [-0.2, -0.15) is 0 Å². The van der Waals surface area contributed by atoms with Crippen molar-refractivity contribution in [1.82, 2.24) is 25.5 Å². The highest BCUT2D eigenvalue weighted by molar-refractivity contribution is 7.17. The van der Waals surface area contributed by atoms with E-state index in [4.69, 9.17) is 0 Å². The molecule has 4 rings (SSSR count). The molecule has 0 saturated heterocycles. The van der Waals surface area contributed by atoms with Gasteiger partial charge in [0.15, 0.2) is 0 Å². The van der Waals surface area contributed by atoms with Gasteiger partial charge in [-0.05, 0) is 59.9 Å². The van der Waals surface area contributed by atoms with E-state index < -0.39 is 0 Å². The number of fused-ring (bicyclic) bond motifs is 1. The van der Waals surface area contributed by atoms with Gasteiger partial charge >= 0.3 is 0 Å². The van der Waals surface area contributed by atoms with E-state index in [0.29, 0.717) is 28.4 Å². The first kappa shape index (κ1) is 19.0. The van der Waals surface area contributed by atoms with Crippen LogP contribution in [0.1, 0.15) is 44.0 Å². The first-order valence-corrected chi connectivity index (χ1v) is 10.2. The average molecular weight is 408 g/mol. The molecule has 2 amide bonds. The minimum absolute atomic E-state index is 0.179. The molecule has 0 aliphatic heterocycles. The third-order valence-electron chi connectivity index (χ3n) is 4.75. The van der Waals surface area contributed by atoms with Crippen molar-refractivity contribution in [2.45, 2.75) is 25.7 Å². The third-order valence-corrected chi connectivity index (χ3v) is 5.96. The number of rotatable bonds is 6. The molecule has 0 saturated carbocycles. The van der Waals surface area contributed by atoms with Gasteiger partial charge in [-0.25, -0.2) is 4.68 Å². The highest BCUT2D eigenvalue weighted by Gasteiger charge is 2.26. The SMILES string of the molecule is C=CCNC(=O)c1c(NC(=O)c2cccc(-n3cnnn3)c2)sc2c1CCCC2. The number of anilines is 1. The molecule has 1 aliphatic rings. The van der Waals surface area contributed by atoms with Gasteiger partial charge in [-0.15, -0.1) is 23.0 Å².